The molecule has 162 valence electrons. The highest BCUT2D eigenvalue weighted by Gasteiger charge is 2.21. The van der Waals surface area contributed by atoms with Gasteiger partial charge in [-0.15, -0.1) is 4.68 Å². The maximum absolute atomic E-state index is 13.6. The number of H-pyrrole nitrogens is 2. The lowest BCUT2D eigenvalue weighted by Crippen LogP contribution is -2.32. The largest absolute Gasteiger partial charge is 0.350 e. The molecule has 0 bridgehead atoms. The molecule has 0 saturated heterocycles. The van der Waals surface area contributed by atoms with Crippen molar-refractivity contribution >= 4 is 28.2 Å². The van der Waals surface area contributed by atoms with Crippen LogP contribution in [0.25, 0.3) is 21.9 Å². The molecular weight excluding hydrogens is 395 g/mol. The van der Waals surface area contributed by atoms with Gasteiger partial charge in [-0.1, -0.05) is 30.2 Å². The zero-order chi connectivity index (χ0) is 22.1. The lowest BCUT2D eigenvalue weighted by Gasteiger charge is -2.25. The van der Waals surface area contributed by atoms with E-state index < -0.39 is 17.1 Å². The van der Waals surface area contributed by atoms with E-state index in [1.807, 2.05) is 0 Å². The van der Waals surface area contributed by atoms with E-state index in [0.29, 0.717) is 22.3 Å². The molecule has 1 aliphatic carbocycles. The maximum atomic E-state index is 13.6. The van der Waals surface area contributed by atoms with Crippen LogP contribution in [0.5, 0.6) is 0 Å². The lowest BCUT2D eigenvalue weighted by molar-refractivity contribution is 0.429. The van der Waals surface area contributed by atoms with Crippen LogP contribution in [0.1, 0.15) is 46.5 Å². The first-order valence-corrected chi connectivity index (χ1v) is 10.7. The number of aromatic amines is 2. The Morgan fingerprint density at radius 2 is 2.06 bits per heavy atom. The fraction of sp³-hybridized carbons (Fsp3) is 0.375. The molecule has 0 radical (unpaired) electrons. The van der Waals surface area contributed by atoms with Crippen LogP contribution < -0.4 is 11.2 Å². The quantitative estimate of drug-likeness (QED) is 0.454. The zero-order valence-corrected chi connectivity index (χ0v) is 18.0. The zero-order valence-electron chi connectivity index (χ0n) is 18.0. The molecule has 7 heteroatoms. The van der Waals surface area contributed by atoms with Crippen molar-refractivity contribution in [3.63, 3.8) is 0 Å². The summed E-state index contributed by atoms with van der Waals surface area (Å²) in [6, 6.07) is 4.14. The SMILES string of the molecule is CC(C)=CCCC1=CC[C@@H](/C=N\n2c(=O)[nH]c3c([nH]c4ccc(F)cc43)c2=O)[C@H](C)C1. The Bertz CT molecular complexity index is 1340. The van der Waals surface area contributed by atoms with Gasteiger partial charge in [-0.3, -0.25) is 4.79 Å². The van der Waals surface area contributed by atoms with Gasteiger partial charge in [0, 0.05) is 23.0 Å². The molecule has 1 aliphatic rings. The monoisotopic (exact) mass is 422 g/mol. The number of nitrogens with zero attached hydrogens (tertiary/aromatic N) is 2. The number of benzene rings is 1. The number of aromatic nitrogens is 3. The summed E-state index contributed by atoms with van der Waals surface area (Å²) in [7, 11) is 0. The molecule has 6 nitrogen and oxygen atoms in total. The van der Waals surface area contributed by atoms with E-state index in [0.717, 1.165) is 30.4 Å². The first-order chi connectivity index (χ1) is 14.8. The predicted molar refractivity (Wildman–Crippen MR) is 123 cm³/mol. The molecule has 0 aliphatic heterocycles. The lowest BCUT2D eigenvalue weighted by atomic mass is 9.80. The molecule has 4 rings (SSSR count). The van der Waals surface area contributed by atoms with Gasteiger partial charge < -0.3 is 9.97 Å². The molecule has 1 aromatic carbocycles. The Morgan fingerprint density at radius 3 is 2.81 bits per heavy atom. The van der Waals surface area contributed by atoms with Gasteiger partial charge in [-0.2, -0.15) is 5.10 Å². The molecule has 2 heterocycles. The molecule has 31 heavy (non-hydrogen) atoms. The summed E-state index contributed by atoms with van der Waals surface area (Å²) in [5, 5.41) is 4.70. The van der Waals surface area contributed by atoms with Gasteiger partial charge in [0.25, 0.3) is 0 Å². The summed E-state index contributed by atoms with van der Waals surface area (Å²) in [4.78, 5) is 31.0. The highest BCUT2D eigenvalue weighted by Crippen LogP contribution is 2.30. The molecule has 0 unspecified atom stereocenters. The average molecular weight is 423 g/mol. The summed E-state index contributed by atoms with van der Waals surface area (Å²) < 4.78 is 14.4. The van der Waals surface area contributed by atoms with Crippen LogP contribution in [-0.2, 0) is 0 Å². The van der Waals surface area contributed by atoms with Crippen LogP contribution in [0.3, 0.4) is 0 Å². The number of nitrogens with one attached hydrogen (secondary N) is 2. The van der Waals surface area contributed by atoms with Gasteiger partial charge in [0.05, 0.1) is 5.52 Å². The van der Waals surface area contributed by atoms with Crippen molar-refractivity contribution in [1.29, 1.82) is 0 Å². The van der Waals surface area contributed by atoms with Gasteiger partial charge in [0.2, 0.25) is 0 Å². The summed E-state index contributed by atoms with van der Waals surface area (Å²) in [5.41, 5.74) is 2.69. The third-order valence-corrected chi connectivity index (χ3v) is 5.98. The third kappa shape index (κ3) is 4.31. The second-order valence-electron chi connectivity index (χ2n) is 8.64. The number of rotatable bonds is 5. The summed E-state index contributed by atoms with van der Waals surface area (Å²) in [6.07, 6.45) is 10.2. The van der Waals surface area contributed by atoms with E-state index in [1.165, 1.54) is 23.3 Å². The van der Waals surface area contributed by atoms with E-state index >= 15 is 0 Å². The number of halogens is 1. The fourth-order valence-electron chi connectivity index (χ4n) is 4.21. The van der Waals surface area contributed by atoms with Crippen molar-refractivity contribution in [2.24, 2.45) is 16.9 Å². The third-order valence-electron chi connectivity index (χ3n) is 5.98. The molecule has 0 fully saturated rings. The topological polar surface area (TPSA) is 83.0 Å². The van der Waals surface area contributed by atoms with Crippen LogP contribution in [0.15, 0.2) is 56.2 Å². The molecule has 2 atom stereocenters. The van der Waals surface area contributed by atoms with E-state index in [1.54, 1.807) is 12.3 Å². The van der Waals surface area contributed by atoms with Crippen molar-refractivity contribution < 1.29 is 4.39 Å². The van der Waals surface area contributed by atoms with Gasteiger partial charge in [-0.05, 0) is 63.6 Å². The summed E-state index contributed by atoms with van der Waals surface area (Å²) >= 11 is 0. The van der Waals surface area contributed by atoms with Crippen LogP contribution in [0, 0.1) is 17.7 Å². The van der Waals surface area contributed by atoms with Crippen molar-refractivity contribution in [1.82, 2.24) is 14.6 Å². The molecule has 2 aromatic heterocycles. The normalized spacial score (nSPS) is 19.3. The molecular formula is C24H27FN4O2. The average Bonchev–Trinajstić information content (AvgIpc) is 3.07. The smallest absolute Gasteiger partial charge is 0.349 e. The first-order valence-electron chi connectivity index (χ1n) is 10.7. The van der Waals surface area contributed by atoms with Gasteiger partial charge in [0.15, 0.2) is 0 Å². The van der Waals surface area contributed by atoms with Gasteiger partial charge >= 0.3 is 11.2 Å². The van der Waals surface area contributed by atoms with E-state index in [9.17, 15) is 14.0 Å². The fourth-order valence-corrected chi connectivity index (χ4v) is 4.21. The van der Waals surface area contributed by atoms with Crippen LogP contribution in [0.4, 0.5) is 4.39 Å². The molecule has 3 aromatic rings. The van der Waals surface area contributed by atoms with Gasteiger partial charge in [-0.25, -0.2) is 9.18 Å². The second-order valence-corrected chi connectivity index (χ2v) is 8.64. The van der Waals surface area contributed by atoms with Crippen LogP contribution in [0.2, 0.25) is 0 Å². The van der Waals surface area contributed by atoms with Crippen LogP contribution in [-0.4, -0.2) is 20.9 Å². The highest BCUT2D eigenvalue weighted by atomic mass is 19.1. The maximum Gasteiger partial charge on any atom is 0.350 e. The van der Waals surface area contributed by atoms with Crippen molar-refractivity contribution in [2.75, 3.05) is 0 Å². The van der Waals surface area contributed by atoms with Crippen molar-refractivity contribution in [3.05, 3.63) is 68.2 Å². The minimum Gasteiger partial charge on any atom is -0.349 e. The Balaban J connectivity index is 1.59. The van der Waals surface area contributed by atoms with Gasteiger partial charge in [0.1, 0.15) is 11.3 Å². The molecule has 2 N–H and O–H groups in total. The van der Waals surface area contributed by atoms with E-state index in [2.05, 4.69) is 48.0 Å². The first kappa shape index (κ1) is 21.0. The second kappa shape index (κ2) is 8.49. The number of allylic oxidation sites excluding steroid dienone is 4. The minimum absolute atomic E-state index is 0.158. The molecule has 0 spiro atoms. The molecule has 0 saturated carbocycles. The Morgan fingerprint density at radius 1 is 1.26 bits per heavy atom. The summed E-state index contributed by atoms with van der Waals surface area (Å²) in [5.74, 6) is 0.104. The van der Waals surface area contributed by atoms with Crippen molar-refractivity contribution in [2.45, 2.75) is 46.5 Å². The van der Waals surface area contributed by atoms with E-state index in [-0.39, 0.29) is 11.4 Å². The Labute approximate surface area is 179 Å². The predicted octanol–water partition coefficient (Wildman–Crippen LogP) is 4.86. The number of fused-ring (bicyclic) bond motifs is 3. The van der Waals surface area contributed by atoms with E-state index in [4.69, 9.17) is 0 Å². The Kier molecular flexibility index (Phi) is 5.76. The molecule has 0 amide bonds. The highest BCUT2D eigenvalue weighted by molar-refractivity contribution is 6.04. The number of hydrogen-bond acceptors (Lipinski definition) is 3. The Hall–Kier alpha value is -3.22. The summed E-state index contributed by atoms with van der Waals surface area (Å²) in [6.45, 7) is 6.39. The number of hydrogen-bond donors (Lipinski definition) is 2. The minimum atomic E-state index is -0.639. The standard InChI is InChI=1S/C24H27FN4O2/c1-14(2)5-4-6-16-7-8-17(15(3)11-16)13-26-29-23(30)22-21(28-24(29)31)19-12-18(25)9-10-20(19)27-22/h5,7,9-10,12-13,15,17,27H,4,6,8,11H2,1-3H3,(H,28,31)/b26-13-/t15-,17+/m1/s1. The van der Waals surface area contributed by atoms with Crippen LogP contribution >= 0.6 is 0 Å². The van der Waals surface area contributed by atoms with Crippen molar-refractivity contribution in [3.8, 4) is 0 Å².